The summed E-state index contributed by atoms with van der Waals surface area (Å²) in [4.78, 5) is 10.2. The third-order valence-corrected chi connectivity index (χ3v) is 3.12. The van der Waals surface area contributed by atoms with Gasteiger partial charge in [0.1, 0.15) is 5.82 Å². The molecule has 0 bridgehead atoms. The van der Waals surface area contributed by atoms with Crippen LogP contribution in [-0.2, 0) is 0 Å². The zero-order valence-corrected chi connectivity index (χ0v) is 12.9. The number of benzene rings is 2. The molecule has 0 radical (unpaired) electrons. The summed E-state index contributed by atoms with van der Waals surface area (Å²) < 4.78 is 14.7. The Morgan fingerprint density at radius 3 is 2.17 bits per heavy atom. The second kappa shape index (κ2) is 7.48. The van der Waals surface area contributed by atoms with Gasteiger partial charge in [0.05, 0.1) is 5.56 Å². The average molecular weight is 423 g/mol. The molecule has 2 nitrogen and oxygen atoms in total. The van der Waals surface area contributed by atoms with Gasteiger partial charge >= 0.3 is 5.97 Å². The topological polar surface area (TPSA) is 37.3 Å². The number of carboxylic acids is 1. The van der Waals surface area contributed by atoms with Crippen LogP contribution >= 0.6 is 38.5 Å². The van der Waals surface area contributed by atoms with Crippen molar-refractivity contribution in [3.05, 3.63) is 68.0 Å². The van der Waals surface area contributed by atoms with Crippen molar-refractivity contribution in [2.75, 3.05) is 0 Å². The maximum atomic E-state index is 12.3. The molecular formula is C13H9BrFIO2. The van der Waals surface area contributed by atoms with Gasteiger partial charge in [-0.15, -0.1) is 0 Å². The molecule has 0 aliphatic heterocycles. The fourth-order valence-electron chi connectivity index (χ4n) is 1.05. The van der Waals surface area contributed by atoms with Gasteiger partial charge in [-0.1, -0.05) is 22.0 Å². The average Bonchev–Trinajstić information content (AvgIpc) is 2.34. The lowest BCUT2D eigenvalue weighted by molar-refractivity contribution is 0.0696. The molecule has 2 aromatic carbocycles. The van der Waals surface area contributed by atoms with Crippen molar-refractivity contribution in [2.24, 2.45) is 0 Å². The molecular weight excluding hydrogens is 414 g/mol. The highest BCUT2D eigenvalue weighted by atomic mass is 127. The molecule has 0 aliphatic rings. The number of aromatic carboxylic acids is 1. The van der Waals surface area contributed by atoms with Crippen LogP contribution in [-0.4, -0.2) is 11.1 Å². The number of rotatable bonds is 1. The van der Waals surface area contributed by atoms with E-state index in [1.807, 2.05) is 12.1 Å². The maximum absolute atomic E-state index is 12.3. The highest BCUT2D eigenvalue weighted by Gasteiger charge is 2.01. The van der Waals surface area contributed by atoms with Crippen LogP contribution < -0.4 is 0 Å². The Bertz CT molecular complexity index is 508. The van der Waals surface area contributed by atoms with E-state index in [1.165, 1.54) is 21.8 Å². The van der Waals surface area contributed by atoms with E-state index < -0.39 is 11.8 Å². The van der Waals surface area contributed by atoms with Gasteiger partial charge in [0.2, 0.25) is 0 Å². The van der Waals surface area contributed by atoms with Crippen molar-refractivity contribution in [1.29, 1.82) is 0 Å². The zero-order valence-electron chi connectivity index (χ0n) is 9.11. The minimum Gasteiger partial charge on any atom is -0.478 e. The van der Waals surface area contributed by atoms with Crippen molar-refractivity contribution in [3.8, 4) is 0 Å². The second-order valence-electron chi connectivity index (χ2n) is 3.25. The van der Waals surface area contributed by atoms with Crippen molar-refractivity contribution in [2.45, 2.75) is 0 Å². The molecule has 0 saturated heterocycles. The number of carboxylic acid groups (broad SMARTS) is 1. The number of carbonyl (C=O) groups is 1. The van der Waals surface area contributed by atoms with Gasteiger partial charge in [-0.2, -0.15) is 0 Å². The van der Waals surface area contributed by atoms with Crippen LogP contribution in [0.25, 0.3) is 0 Å². The first kappa shape index (κ1) is 15.1. The number of halogens is 3. The van der Waals surface area contributed by atoms with Gasteiger partial charge in [0.25, 0.3) is 0 Å². The van der Waals surface area contributed by atoms with Gasteiger partial charge < -0.3 is 5.11 Å². The van der Waals surface area contributed by atoms with E-state index in [9.17, 15) is 9.18 Å². The van der Waals surface area contributed by atoms with Crippen LogP contribution in [0, 0.1) is 9.39 Å². The van der Waals surface area contributed by atoms with Gasteiger partial charge in [0, 0.05) is 8.04 Å². The summed E-state index contributed by atoms with van der Waals surface area (Å²) in [5, 5.41) is 8.34. The van der Waals surface area contributed by atoms with Gasteiger partial charge in [-0.25, -0.2) is 9.18 Å². The molecule has 18 heavy (non-hydrogen) atoms. The Morgan fingerprint density at radius 1 is 1.17 bits per heavy atom. The predicted molar refractivity (Wildman–Crippen MR) is 80.2 cm³/mol. The zero-order chi connectivity index (χ0) is 13.5. The SMILES string of the molecule is Brc1ccc(I)cc1.O=C(O)c1cccc(F)c1. The minimum atomic E-state index is -1.11. The quantitative estimate of drug-likeness (QED) is 0.683. The Hall–Kier alpha value is -0.950. The molecule has 0 fully saturated rings. The van der Waals surface area contributed by atoms with Gasteiger partial charge in [0.15, 0.2) is 0 Å². The molecule has 2 rings (SSSR count). The van der Waals surface area contributed by atoms with Crippen LogP contribution in [0.3, 0.4) is 0 Å². The van der Waals surface area contributed by atoms with Crippen LogP contribution in [0.4, 0.5) is 4.39 Å². The molecule has 0 heterocycles. The Morgan fingerprint density at radius 2 is 1.78 bits per heavy atom. The number of hydrogen-bond donors (Lipinski definition) is 1. The van der Waals surface area contributed by atoms with E-state index in [4.69, 9.17) is 5.11 Å². The van der Waals surface area contributed by atoms with Crippen LogP contribution in [0.5, 0.6) is 0 Å². The van der Waals surface area contributed by atoms with E-state index in [0.717, 1.165) is 10.5 Å². The summed E-state index contributed by atoms with van der Waals surface area (Å²) in [6.07, 6.45) is 0. The van der Waals surface area contributed by atoms with Crippen molar-refractivity contribution >= 4 is 44.5 Å². The molecule has 2 aromatic rings. The fraction of sp³-hybridized carbons (Fsp3) is 0. The van der Waals surface area contributed by atoms with Crippen LogP contribution in [0.2, 0.25) is 0 Å². The lowest BCUT2D eigenvalue weighted by Gasteiger charge is -1.91. The molecule has 94 valence electrons. The molecule has 5 heteroatoms. The maximum Gasteiger partial charge on any atom is 0.335 e. The third-order valence-electron chi connectivity index (χ3n) is 1.88. The Kier molecular flexibility index (Phi) is 6.28. The van der Waals surface area contributed by atoms with E-state index >= 15 is 0 Å². The molecule has 0 unspecified atom stereocenters. The molecule has 0 aliphatic carbocycles. The molecule has 0 aromatic heterocycles. The van der Waals surface area contributed by atoms with Gasteiger partial charge in [-0.3, -0.25) is 0 Å². The standard InChI is InChI=1S/C7H5FO2.C6H4BrI/c8-6-3-1-2-5(4-6)7(9)10;7-5-1-3-6(8)4-2-5/h1-4H,(H,9,10);1-4H. The Balaban J connectivity index is 0.000000184. The van der Waals surface area contributed by atoms with Crippen molar-refractivity contribution < 1.29 is 14.3 Å². The first-order chi connectivity index (χ1) is 8.49. The summed E-state index contributed by atoms with van der Waals surface area (Å²) >= 11 is 5.62. The lowest BCUT2D eigenvalue weighted by atomic mass is 10.2. The summed E-state index contributed by atoms with van der Waals surface area (Å²) in [6.45, 7) is 0. The second-order valence-corrected chi connectivity index (χ2v) is 5.41. The molecule has 0 spiro atoms. The highest BCUT2D eigenvalue weighted by molar-refractivity contribution is 14.1. The number of hydrogen-bond acceptors (Lipinski definition) is 1. The van der Waals surface area contributed by atoms with Crippen LogP contribution in [0.1, 0.15) is 10.4 Å². The smallest absolute Gasteiger partial charge is 0.335 e. The molecule has 0 amide bonds. The monoisotopic (exact) mass is 422 g/mol. The molecule has 0 atom stereocenters. The van der Waals surface area contributed by atoms with Crippen molar-refractivity contribution in [3.63, 3.8) is 0 Å². The van der Waals surface area contributed by atoms with Crippen LogP contribution in [0.15, 0.2) is 53.0 Å². The van der Waals surface area contributed by atoms with E-state index in [2.05, 4.69) is 50.7 Å². The largest absolute Gasteiger partial charge is 0.478 e. The Labute approximate surface area is 126 Å². The van der Waals surface area contributed by atoms with E-state index in [0.29, 0.717) is 0 Å². The summed E-state index contributed by atoms with van der Waals surface area (Å²) in [6, 6.07) is 13.1. The van der Waals surface area contributed by atoms with E-state index in [-0.39, 0.29) is 5.56 Å². The predicted octanol–water partition coefficient (Wildman–Crippen LogP) is 4.58. The third kappa shape index (κ3) is 5.59. The minimum absolute atomic E-state index is 0.0278. The molecule has 1 N–H and O–H groups in total. The van der Waals surface area contributed by atoms with E-state index in [1.54, 1.807) is 0 Å². The summed E-state index contributed by atoms with van der Waals surface area (Å²) in [5.74, 6) is -1.64. The summed E-state index contributed by atoms with van der Waals surface area (Å²) in [7, 11) is 0. The first-order valence-corrected chi connectivity index (χ1v) is 6.76. The normalized spacial score (nSPS) is 9.28. The lowest BCUT2D eigenvalue weighted by Crippen LogP contribution is -1.95. The fourth-order valence-corrected chi connectivity index (χ4v) is 1.67. The van der Waals surface area contributed by atoms with Crippen molar-refractivity contribution in [1.82, 2.24) is 0 Å². The molecule has 0 saturated carbocycles. The van der Waals surface area contributed by atoms with Gasteiger partial charge in [-0.05, 0) is 65.1 Å². The highest BCUT2D eigenvalue weighted by Crippen LogP contribution is 2.11. The summed E-state index contributed by atoms with van der Waals surface area (Å²) in [5.41, 5.74) is -0.0278. The first-order valence-electron chi connectivity index (χ1n) is 4.89.